The van der Waals surface area contributed by atoms with Gasteiger partial charge in [0.25, 0.3) is 0 Å². The van der Waals surface area contributed by atoms with Gasteiger partial charge in [-0.25, -0.2) is 4.79 Å². The van der Waals surface area contributed by atoms with E-state index in [4.69, 9.17) is 0 Å². The van der Waals surface area contributed by atoms with Crippen molar-refractivity contribution in [2.75, 3.05) is 11.9 Å². The number of pyridine rings is 1. The summed E-state index contributed by atoms with van der Waals surface area (Å²) in [6.07, 6.45) is 1.80. The molecule has 5 nitrogen and oxygen atoms in total. The van der Waals surface area contributed by atoms with Crippen LogP contribution in [0, 0.1) is 0 Å². The molecule has 5 heteroatoms. The van der Waals surface area contributed by atoms with E-state index in [0.717, 1.165) is 35.0 Å². The van der Waals surface area contributed by atoms with Gasteiger partial charge in [0, 0.05) is 35.7 Å². The highest BCUT2D eigenvalue weighted by atomic mass is 16.2. The molecule has 2 aromatic carbocycles. The first-order chi connectivity index (χ1) is 13.1. The predicted octanol–water partition coefficient (Wildman–Crippen LogP) is 4.53. The summed E-state index contributed by atoms with van der Waals surface area (Å²) in [6, 6.07) is 17.0. The number of carbonyl (C=O) groups excluding carboxylic acids is 1. The van der Waals surface area contributed by atoms with Gasteiger partial charge < -0.3 is 15.2 Å². The van der Waals surface area contributed by atoms with Gasteiger partial charge in [-0.05, 0) is 42.2 Å². The molecular weight excluding hydrogens is 338 g/mol. The summed E-state index contributed by atoms with van der Waals surface area (Å²) in [5.41, 5.74) is 3.48. The Bertz CT molecular complexity index is 977. The number of benzene rings is 2. The van der Waals surface area contributed by atoms with Crippen molar-refractivity contribution >= 4 is 22.6 Å². The van der Waals surface area contributed by atoms with Crippen molar-refractivity contribution in [3.8, 4) is 0 Å². The normalized spacial score (nSPS) is 10.7. The first-order valence-electron chi connectivity index (χ1n) is 9.36. The quantitative estimate of drug-likeness (QED) is 0.675. The average molecular weight is 363 g/mol. The highest BCUT2D eigenvalue weighted by Crippen LogP contribution is 2.18. The monoisotopic (exact) mass is 363 g/mol. The van der Waals surface area contributed by atoms with Crippen LogP contribution in [0.3, 0.4) is 0 Å². The smallest absolute Gasteiger partial charge is 0.322 e. The molecule has 3 aromatic rings. The molecule has 140 valence electrons. The van der Waals surface area contributed by atoms with Gasteiger partial charge >= 0.3 is 6.03 Å². The number of fused-ring (bicyclic) bond motifs is 1. The van der Waals surface area contributed by atoms with Crippen molar-refractivity contribution in [2.45, 2.75) is 33.2 Å². The molecule has 2 N–H and O–H groups in total. The molecule has 3 rings (SSSR count). The van der Waals surface area contributed by atoms with Gasteiger partial charge in [0.05, 0.1) is 0 Å². The van der Waals surface area contributed by atoms with Crippen LogP contribution in [0.4, 0.5) is 10.5 Å². The van der Waals surface area contributed by atoms with Crippen LogP contribution in [-0.2, 0) is 13.0 Å². The highest BCUT2D eigenvalue weighted by molar-refractivity contribution is 5.90. The molecule has 0 radical (unpaired) electrons. The third-order valence-corrected chi connectivity index (χ3v) is 4.59. The van der Waals surface area contributed by atoms with E-state index >= 15 is 0 Å². The Hall–Kier alpha value is -3.08. The molecular formula is C22H25N3O2. The van der Waals surface area contributed by atoms with Crippen molar-refractivity contribution in [3.05, 3.63) is 76.1 Å². The van der Waals surface area contributed by atoms with Crippen LogP contribution < -0.4 is 10.9 Å². The number of aryl methyl sites for hydroxylation is 1. The van der Waals surface area contributed by atoms with Gasteiger partial charge in [-0.2, -0.15) is 0 Å². The van der Waals surface area contributed by atoms with E-state index in [1.54, 1.807) is 11.0 Å². The first-order valence-corrected chi connectivity index (χ1v) is 9.36. The van der Waals surface area contributed by atoms with Crippen LogP contribution in [0.25, 0.3) is 10.9 Å². The van der Waals surface area contributed by atoms with Crippen molar-refractivity contribution in [1.82, 2.24) is 9.88 Å². The number of amides is 2. The standard InChI is InChI=1S/C22H25N3O2/c1-3-13-25(22(27)23-18-11-9-16(4-2)10-12-18)15-17-14-21(26)24-20-8-6-5-7-19(17)20/h5-12,14H,3-4,13,15H2,1-2H3,(H,23,27)(H,24,26). The fraction of sp³-hybridized carbons (Fsp3) is 0.273. The molecule has 1 heterocycles. The number of rotatable bonds is 6. The van der Waals surface area contributed by atoms with Crippen molar-refractivity contribution in [3.63, 3.8) is 0 Å². The number of carbonyl (C=O) groups is 1. The van der Waals surface area contributed by atoms with E-state index in [1.807, 2.05) is 55.5 Å². The molecule has 0 aliphatic rings. The van der Waals surface area contributed by atoms with Crippen LogP contribution in [0.5, 0.6) is 0 Å². The molecule has 0 bridgehead atoms. The second kappa shape index (κ2) is 8.54. The van der Waals surface area contributed by atoms with E-state index in [1.165, 1.54) is 5.56 Å². The largest absolute Gasteiger partial charge is 0.322 e. The zero-order valence-electron chi connectivity index (χ0n) is 15.8. The number of nitrogens with zero attached hydrogens (tertiary/aromatic N) is 1. The molecule has 1 aromatic heterocycles. The number of hydrogen-bond acceptors (Lipinski definition) is 2. The second-order valence-corrected chi connectivity index (χ2v) is 6.61. The van der Waals surface area contributed by atoms with E-state index in [0.29, 0.717) is 13.1 Å². The topological polar surface area (TPSA) is 65.2 Å². The van der Waals surface area contributed by atoms with Gasteiger partial charge in [-0.1, -0.05) is 44.2 Å². The van der Waals surface area contributed by atoms with Gasteiger partial charge in [-0.3, -0.25) is 4.79 Å². The fourth-order valence-corrected chi connectivity index (χ4v) is 3.16. The maximum Gasteiger partial charge on any atom is 0.322 e. The Balaban J connectivity index is 1.83. The second-order valence-electron chi connectivity index (χ2n) is 6.61. The molecule has 0 atom stereocenters. The Morgan fingerprint density at radius 2 is 1.81 bits per heavy atom. The lowest BCUT2D eigenvalue weighted by Crippen LogP contribution is -2.35. The molecule has 27 heavy (non-hydrogen) atoms. The summed E-state index contributed by atoms with van der Waals surface area (Å²) in [5, 5.41) is 3.92. The number of para-hydroxylation sites is 1. The summed E-state index contributed by atoms with van der Waals surface area (Å²) in [4.78, 5) is 29.4. The Labute approximate surface area is 159 Å². The van der Waals surface area contributed by atoms with Gasteiger partial charge in [0.15, 0.2) is 0 Å². The minimum absolute atomic E-state index is 0.157. The van der Waals surface area contributed by atoms with Gasteiger partial charge in [0.2, 0.25) is 5.56 Å². The van der Waals surface area contributed by atoms with E-state index in [-0.39, 0.29) is 11.6 Å². The third kappa shape index (κ3) is 4.56. The summed E-state index contributed by atoms with van der Waals surface area (Å²) >= 11 is 0. The SMILES string of the molecule is CCCN(Cc1cc(=O)[nH]c2ccccc12)C(=O)Nc1ccc(CC)cc1. The maximum atomic E-state index is 12.8. The average Bonchev–Trinajstić information content (AvgIpc) is 2.68. The van der Waals surface area contributed by atoms with Gasteiger partial charge in [0.1, 0.15) is 0 Å². The molecule has 0 saturated carbocycles. The zero-order valence-corrected chi connectivity index (χ0v) is 15.8. The van der Waals surface area contributed by atoms with Gasteiger partial charge in [-0.15, -0.1) is 0 Å². The number of H-pyrrole nitrogens is 1. The fourth-order valence-electron chi connectivity index (χ4n) is 3.16. The van der Waals surface area contributed by atoms with Crippen molar-refractivity contribution in [1.29, 1.82) is 0 Å². The number of aromatic nitrogens is 1. The lowest BCUT2D eigenvalue weighted by atomic mass is 10.1. The lowest BCUT2D eigenvalue weighted by molar-refractivity contribution is 0.209. The molecule has 2 amide bonds. The maximum absolute atomic E-state index is 12.8. The third-order valence-electron chi connectivity index (χ3n) is 4.59. The van der Waals surface area contributed by atoms with E-state index in [2.05, 4.69) is 17.2 Å². The number of anilines is 1. The van der Waals surface area contributed by atoms with Crippen molar-refractivity contribution in [2.24, 2.45) is 0 Å². The Kier molecular flexibility index (Phi) is 5.91. The molecule has 0 spiro atoms. The highest BCUT2D eigenvalue weighted by Gasteiger charge is 2.15. The number of urea groups is 1. The minimum atomic E-state index is -0.162. The molecule has 0 saturated heterocycles. The molecule has 0 aliphatic carbocycles. The summed E-state index contributed by atoms with van der Waals surface area (Å²) < 4.78 is 0. The molecule has 0 aliphatic heterocycles. The Morgan fingerprint density at radius 3 is 2.52 bits per heavy atom. The zero-order chi connectivity index (χ0) is 19.2. The van der Waals surface area contributed by atoms with Crippen LogP contribution in [-0.4, -0.2) is 22.5 Å². The van der Waals surface area contributed by atoms with Crippen LogP contribution in [0.1, 0.15) is 31.4 Å². The lowest BCUT2D eigenvalue weighted by Gasteiger charge is -2.23. The van der Waals surface area contributed by atoms with Crippen LogP contribution in [0.2, 0.25) is 0 Å². The summed E-state index contributed by atoms with van der Waals surface area (Å²) in [6.45, 7) is 5.13. The number of nitrogens with one attached hydrogen (secondary N) is 2. The van der Waals surface area contributed by atoms with Crippen LogP contribution >= 0.6 is 0 Å². The van der Waals surface area contributed by atoms with Crippen molar-refractivity contribution < 1.29 is 4.79 Å². The first kappa shape index (κ1) is 18.7. The number of hydrogen-bond donors (Lipinski definition) is 2. The molecule has 0 unspecified atom stereocenters. The Morgan fingerprint density at radius 1 is 1.07 bits per heavy atom. The predicted molar refractivity (Wildman–Crippen MR) is 110 cm³/mol. The van der Waals surface area contributed by atoms with E-state index < -0.39 is 0 Å². The molecule has 0 fully saturated rings. The summed E-state index contributed by atoms with van der Waals surface area (Å²) in [7, 11) is 0. The number of aromatic amines is 1. The summed E-state index contributed by atoms with van der Waals surface area (Å²) in [5.74, 6) is 0. The minimum Gasteiger partial charge on any atom is -0.322 e. The van der Waals surface area contributed by atoms with Crippen LogP contribution in [0.15, 0.2) is 59.4 Å². The van der Waals surface area contributed by atoms with E-state index in [9.17, 15) is 9.59 Å².